The maximum Gasteiger partial charge on any atom is 0.103 e. The average Bonchev–Trinajstić information content (AvgIpc) is 3.73. The van der Waals surface area contributed by atoms with Crippen LogP contribution in [-0.2, 0) is 0 Å². The van der Waals surface area contributed by atoms with Gasteiger partial charge in [-0.3, -0.25) is 9.99 Å². The fourth-order valence-corrected chi connectivity index (χ4v) is 6.37. The van der Waals surface area contributed by atoms with E-state index in [0.29, 0.717) is 62.0 Å². The Kier molecular flexibility index (Phi) is 5.31. The summed E-state index contributed by atoms with van der Waals surface area (Å²) in [5.74, 6) is 1.34. The summed E-state index contributed by atoms with van der Waals surface area (Å²) >= 11 is 13.4. The summed E-state index contributed by atoms with van der Waals surface area (Å²) in [4.78, 5) is 4.51. The molecule has 1 aromatic heterocycles. The van der Waals surface area contributed by atoms with Crippen LogP contribution in [-0.4, -0.2) is 22.1 Å². The number of nitrogens with one attached hydrogen (secondary N) is 4. The highest BCUT2D eigenvalue weighted by molar-refractivity contribution is 6.36. The number of pyridine rings is 1. The Bertz CT molecular complexity index is 1510. The highest BCUT2D eigenvalue weighted by Crippen LogP contribution is 2.54. The smallest absolute Gasteiger partial charge is 0.103 e. The molecule has 9 heteroatoms. The molecule has 0 radical (unpaired) electrons. The molecule has 0 spiro atoms. The predicted molar refractivity (Wildman–Crippen MR) is 147 cm³/mol. The number of rotatable bonds is 7. The minimum absolute atomic E-state index is 0.377. The van der Waals surface area contributed by atoms with E-state index in [1.54, 1.807) is 18.3 Å². The first-order valence-electron chi connectivity index (χ1n) is 13.3. The number of nitriles is 1. The molecule has 1 unspecified atom stereocenters. The monoisotopic (exact) mass is 532 g/mol. The molecule has 2 heterocycles. The Morgan fingerprint density at radius 1 is 1.14 bits per heavy atom. The lowest BCUT2D eigenvalue weighted by Crippen LogP contribution is -2.38. The lowest BCUT2D eigenvalue weighted by molar-refractivity contribution is 0.260. The Hall–Kier alpha value is -3.18. The Morgan fingerprint density at radius 3 is 2.70 bits per heavy atom. The van der Waals surface area contributed by atoms with E-state index in [1.165, 1.54) is 19.3 Å². The second-order valence-corrected chi connectivity index (χ2v) is 11.2. The van der Waals surface area contributed by atoms with Crippen LogP contribution in [0.5, 0.6) is 0 Å². The normalized spacial score (nSPS) is 26.0. The van der Waals surface area contributed by atoms with Crippen molar-refractivity contribution in [2.45, 2.75) is 50.2 Å². The molecule has 0 saturated heterocycles. The standard InChI is InChI=1S/C28H27Cl2N7/c29-22-7-2-1-4-20(22)28(24-14-37(36-35-24)17-8-9-17)33-16-10-21-25(34-26-18-5-3-6-19(18)26)15(12-31)13-32-27(21)23(30)11-16/h1-2,4,7,10-11,13-14,17-19,26,28,33,35-36H,3,5-6,8-9H2,(H,32,34)/t18-,19+,26?,28-/m1/s1/i28D. The van der Waals surface area contributed by atoms with Gasteiger partial charge in [0.2, 0.25) is 0 Å². The van der Waals surface area contributed by atoms with Gasteiger partial charge in [-0.15, -0.1) is 5.53 Å². The van der Waals surface area contributed by atoms with Crippen molar-refractivity contribution in [3.05, 3.63) is 75.7 Å². The van der Waals surface area contributed by atoms with Crippen molar-refractivity contribution in [3.8, 4) is 6.07 Å². The zero-order valence-electron chi connectivity index (χ0n) is 21.1. The van der Waals surface area contributed by atoms with Gasteiger partial charge in [-0.25, -0.2) is 0 Å². The maximum atomic E-state index is 9.89. The molecule has 3 saturated carbocycles. The fraction of sp³-hybridized carbons (Fsp3) is 0.357. The van der Waals surface area contributed by atoms with Crippen LogP contribution in [0.25, 0.3) is 10.9 Å². The SMILES string of the molecule is [2H][C@](Nc1cc(Cl)c2ncc(C#N)c(NC3[C@H]4CCC[C@@H]34)c2c1)(C1=CN(C2CC2)NN1)c1ccccc1Cl. The molecule has 7 nitrogen and oxygen atoms in total. The predicted octanol–water partition coefficient (Wildman–Crippen LogP) is 6.11. The Morgan fingerprint density at radius 2 is 1.95 bits per heavy atom. The van der Waals surface area contributed by atoms with Crippen molar-refractivity contribution >= 4 is 45.5 Å². The van der Waals surface area contributed by atoms with Gasteiger partial charge in [0.05, 0.1) is 34.9 Å². The van der Waals surface area contributed by atoms with Crippen LogP contribution in [0.1, 0.15) is 50.6 Å². The third-order valence-electron chi connectivity index (χ3n) is 7.97. The largest absolute Gasteiger partial charge is 0.380 e. The summed E-state index contributed by atoms with van der Waals surface area (Å²) in [6.07, 6.45) is 9.47. The van der Waals surface area contributed by atoms with E-state index in [-0.39, 0.29) is 0 Å². The van der Waals surface area contributed by atoms with Crippen LogP contribution in [0.3, 0.4) is 0 Å². The number of aromatic nitrogens is 1. The van der Waals surface area contributed by atoms with E-state index in [0.717, 1.165) is 23.9 Å². The van der Waals surface area contributed by atoms with Gasteiger partial charge in [-0.2, -0.15) is 5.26 Å². The van der Waals surface area contributed by atoms with Crippen LogP contribution in [0.2, 0.25) is 10.0 Å². The first kappa shape index (κ1) is 21.9. The average molecular weight is 533 g/mol. The van der Waals surface area contributed by atoms with Crippen molar-refractivity contribution in [3.63, 3.8) is 0 Å². The minimum Gasteiger partial charge on any atom is -0.380 e. The number of halogens is 2. The molecule has 0 bridgehead atoms. The summed E-state index contributed by atoms with van der Waals surface area (Å²) in [6.45, 7) is 0. The molecular weight excluding hydrogens is 505 g/mol. The second kappa shape index (κ2) is 8.98. The van der Waals surface area contributed by atoms with Gasteiger partial charge in [0.25, 0.3) is 0 Å². The molecule has 3 fully saturated rings. The van der Waals surface area contributed by atoms with Gasteiger partial charge >= 0.3 is 0 Å². The van der Waals surface area contributed by atoms with Crippen LogP contribution < -0.4 is 21.6 Å². The molecule has 0 amide bonds. The van der Waals surface area contributed by atoms with E-state index < -0.39 is 6.02 Å². The molecule has 4 atom stereocenters. The van der Waals surface area contributed by atoms with Gasteiger partial charge in [0.1, 0.15) is 6.07 Å². The van der Waals surface area contributed by atoms with Gasteiger partial charge < -0.3 is 16.1 Å². The minimum atomic E-state index is -1.45. The zero-order valence-corrected chi connectivity index (χ0v) is 21.6. The van der Waals surface area contributed by atoms with Gasteiger partial charge in [-0.05, 0) is 61.3 Å². The lowest BCUT2D eigenvalue weighted by Gasteiger charge is -2.23. The quantitative estimate of drug-likeness (QED) is 0.292. The summed E-state index contributed by atoms with van der Waals surface area (Å²) in [5.41, 5.74) is 10.1. The Balaban J connectivity index is 1.31. The molecular formula is C28H27Cl2N7. The van der Waals surface area contributed by atoms with Crippen molar-refractivity contribution in [1.29, 1.82) is 5.26 Å². The lowest BCUT2D eigenvalue weighted by atomic mass is 10.0. The molecule has 4 N–H and O–H groups in total. The number of hydrogen-bond donors (Lipinski definition) is 4. The van der Waals surface area contributed by atoms with Crippen molar-refractivity contribution in [2.24, 2.45) is 11.8 Å². The first-order valence-corrected chi connectivity index (χ1v) is 13.6. The van der Waals surface area contributed by atoms with Crippen molar-refractivity contribution in [1.82, 2.24) is 21.0 Å². The molecule has 7 rings (SSSR count). The molecule has 188 valence electrons. The number of anilines is 2. The van der Waals surface area contributed by atoms with Crippen LogP contribution in [0.15, 0.2) is 54.5 Å². The van der Waals surface area contributed by atoms with E-state index in [2.05, 4.69) is 32.6 Å². The van der Waals surface area contributed by atoms with Crippen molar-refractivity contribution < 1.29 is 1.37 Å². The summed E-state index contributed by atoms with van der Waals surface area (Å²) < 4.78 is 9.69. The molecule has 37 heavy (non-hydrogen) atoms. The zero-order chi connectivity index (χ0) is 26.0. The van der Waals surface area contributed by atoms with E-state index >= 15 is 0 Å². The highest BCUT2D eigenvalue weighted by atomic mass is 35.5. The number of hydrogen-bond acceptors (Lipinski definition) is 7. The van der Waals surface area contributed by atoms with Crippen LogP contribution >= 0.6 is 23.2 Å². The number of hydrazine groups is 2. The molecule has 1 aliphatic heterocycles. The second-order valence-electron chi connectivity index (χ2n) is 10.3. The van der Waals surface area contributed by atoms with E-state index in [1.807, 2.05) is 35.5 Å². The molecule has 3 aromatic rings. The van der Waals surface area contributed by atoms with Gasteiger partial charge in [0, 0.05) is 40.6 Å². The van der Waals surface area contributed by atoms with Crippen LogP contribution in [0, 0.1) is 23.2 Å². The summed E-state index contributed by atoms with van der Waals surface area (Å²) in [5, 5.41) is 20.6. The summed E-state index contributed by atoms with van der Waals surface area (Å²) in [6, 6.07) is 12.7. The van der Waals surface area contributed by atoms with E-state index in [4.69, 9.17) is 23.2 Å². The topological polar surface area (TPSA) is 88.0 Å². The van der Waals surface area contributed by atoms with Crippen molar-refractivity contribution in [2.75, 3.05) is 10.6 Å². The molecule has 3 aliphatic carbocycles. The fourth-order valence-electron chi connectivity index (χ4n) is 5.87. The Labute approximate surface area is 227 Å². The molecule has 4 aliphatic rings. The molecule has 2 aromatic carbocycles. The van der Waals surface area contributed by atoms with Gasteiger partial charge in [0.15, 0.2) is 0 Å². The van der Waals surface area contributed by atoms with E-state index in [9.17, 15) is 6.63 Å². The summed E-state index contributed by atoms with van der Waals surface area (Å²) in [7, 11) is 0. The number of benzene rings is 2. The number of fused-ring (bicyclic) bond motifs is 2. The van der Waals surface area contributed by atoms with Gasteiger partial charge in [-0.1, -0.05) is 47.8 Å². The first-order chi connectivity index (χ1) is 18.5. The third kappa shape index (κ3) is 4.14. The number of nitrogens with zero attached hydrogens (tertiary/aromatic N) is 3. The maximum absolute atomic E-state index is 9.89. The van der Waals surface area contributed by atoms with Crippen LogP contribution in [0.4, 0.5) is 11.4 Å². The highest BCUT2D eigenvalue weighted by Gasteiger charge is 2.52. The third-order valence-corrected chi connectivity index (χ3v) is 8.59.